The lowest BCUT2D eigenvalue weighted by Crippen LogP contribution is -2.08. The molecular weight excluding hydrogens is 182 g/mol. The summed E-state index contributed by atoms with van der Waals surface area (Å²) >= 11 is 0. The Kier molecular flexibility index (Phi) is 2.52. The zero-order valence-corrected chi connectivity index (χ0v) is 8.43. The van der Waals surface area contributed by atoms with Gasteiger partial charge in [-0.2, -0.15) is 4.98 Å². The molecule has 1 fully saturated rings. The molecule has 0 aliphatic carbocycles. The summed E-state index contributed by atoms with van der Waals surface area (Å²) in [5.41, 5.74) is 5.63. The number of ether oxygens (including phenoxy) is 1. The molecule has 78 valence electrons. The number of rotatable bonds is 2. The molecule has 0 bridgehead atoms. The van der Waals surface area contributed by atoms with E-state index in [4.69, 9.17) is 15.0 Å². The van der Waals surface area contributed by atoms with E-state index in [0.29, 0.717) is 17.6 Å². The minimum Gasteiger partial charge on any atom is -0.368 e. The second kappa shape index (κ2) is 3.67. The minimum absolute atomic E-state index is 0.0463. The molecule has 0 spiro atoms. The molecule has 3 atom stereocenters. The van der Waals surface area contributed by atoms with E-state index < -0.39 is 0 Å². The first-order chi connectivity index (χ1) is 6.68. The number of hydrogen-bond donors (Lipinski definition) is 1. The van der Waals surface area contributed by atoms with Crippen LogP contribution in [0.5, 0.6) is 0 Å². The smallest absolute Gasteiger partial charge is 0.256 e. The molecule has 0 radical (unpaired) electrons. The highest BCUT2D eigenvalue weighted by Gasteiger charge is 2.31. The Labute approximate surface area is 82.6 Å². The molecule has 2 heterocycles. The van der Waals surface area contributed by atoms with E-state index in [9.17, 15) is 0 Å². The summed E-state index contributed by atoms with van der Waals surface area (Å²) < 4.78 is 10.6. The van der Waals surface area contributed by atoms with Crippen molar-refractivity contribution >= 4 is 0 Å². The highest BCUT2D eigenvalue weighted by atomic mass is 16.5. The highest BCUT2D eigenvalue weighted by molar-refractivity contribution is 4.96. The van der Waals surface area contributed by atoms with Gasteiger partial charge in [-0.3, -0.25) is 0 Å². The van der Waals surface area contributed by atoms with Gasteiger partial charge < -0.3 is 15.0 Å². The van der Waals surface area contributed by atoms with Gasteiger partial charge in [-0.1, -0.05) is 12.1 Å². The zero-order chi connectivity index (χ0) is 10.1. The average Bonchev–Trinajstić information content (AvgIpc) is 2.71. The number of hydrogen-bond acceptors (Lipinski definition) is 5. The number of aromatic nitrogens is 2. The predicted molar refractivity (Wildman–Crippen MR) is 49.4 cm³/mol. The van der Waals surface area contributed by atoms with E-state index in [0.717, 1.165) is 13.0 Å². The van der Waals surface area contributed by atoms with Crippen LogP contribution in [0.4, 0.5) is 0 Å². The van der Waals surface area contributed by atoms with E-state index >= 15 is 0 Å². The van der Waals surface area contributed by atoms with E-state index in [1.807, 2.05) is 6.92 Å². The van der Waals surface area contributed by atoms with Crippen molar-refractivity contribution in [2.24, 2.45) is 11.7 Å². The maximum absolute atomic E-state index is 5.63. The summed E-state index contributed by atoms with van der Waals surface area (Å²) in [6, 6.07) is -0.191. The van der Waals surface area contributed by atoms with Crippen LogP contribution in [0.15, 0.2) is 4.52 Å². The van der Waals surface area contributed by atoms with Gasteiger partial charge in [0, 0.05) is 6.61 Å². The molecule has 2 rings (SSSR count). The SMILES string of the molecule is CC(N)c1noc(C2OCCC2C)n1. The van der Waals surface area contributed by atoms with Gasteiger partial charge in [-0.25, -0.2) is 0 Å². The first-order valence-electron chi connectivity index (χ1n) is 4.89. The van der Waals surface area contributed by atoms with Crippen LogP contribution >= 0.6 is 0 Å². The van der Waals surface area contributed by atoms with Gasteiger partial charge in [0.15, 0.2) is 5.82 Å². The molecule has 3 unspecified atom stereocenters. The molecule has 1 aliphatic heterocycles. The van der Waals surface area contributed by atoms with Gasteiger partial charge in [-0.05, 0) is 19.3 Å². The Hall–Kier alpha value is -0.940. The Morgan fingerprint density at radius 3 is 2.86 bits per heavy atom. The third-order valence-corrected chi connectivity index (χ3v) is 2.50. The monoisotopic (exact) mass is 197 g/mol. The summed E-state index contributed by atoms with van der Waals surface area (Å²) in [5, 5.41) is 3.80. The molecule has 1 aliphatic rings. The highest BCUT2D eigenvalue weighted by Crippen LogP contribution is 2.33. The van der Waals surface area contributed by atoms with Crippen LogP contribution in [0, 0.1) is 5.92 Å². The molecule has 0 amide bonds. The van der Waals surface area contributed by atoms with Crippen LogP contribution in [0.3, 0.4) is 0 Å². The molecular formula is C9H15N3O2. The Bertz CT molecular complexity index is 311. The summed E-state index contributed by atoms with van der Waals surface area (Å²) in [6.07, 6.45) is 0.996. The molecule has 0 aromatic carbocycles. The topological polar surface area (TPSA) is 74.2 Å². The Morgan fingerprint density at radius 1 is 1.57 bits per heavy atom. The normalized spacial score (nSPS) is 29.4. The van der Waals surface area contributed by atoms with E-state index in [-0.39, 0.29) is 12.1 Å². The van der Waals surface area contributed by atoms with Gasteiger partial charge >= 0.3 is 0 Å². The average molecular weight is 197 g/mol. The summed E-state index contributed by atoms with van der Waals surface area (Å²) in [4.78, 5) is 4.21. The van der Waals surface area contributed by atoms with Crippen molar-refractivity contribution in [2.45, 2.75) is 32.4 Å². The maximum Gasteiger partial charge on any atom is 0.256 e. The number of nitrogens with two attached hydrogens (primary N) is 1. The second-order valence-electron chi connectivity index (χ2n) is 3.84. The molecule has 14 heavy (non-hydrogen) atoms. The van der Waals surface area contributed by atoms with Crippen molar-refractivity contribution in [3.05, 3.63) is 11.7 Å². The molecule has 1 aromatic rings. The lowest BCUT2D eigenvalue weighted by molar-refractivity contribution is 0.0661. The molecule has 1 aromatic heterocycles. The van der Waals surface area contributed by atoms with Crippen molar-refractivity contribution in [1.29, 1.82) is 0 Å². The molecule has 5 nitrogen and oxygen atoms in total. The maximum atomic E-state index is 5.63. The summed E-state index contributed by atoms with van der Waals surface area (Å²) in [5.74, 6) is 1.54. The van der Waals surface area contributed by atoms with Gasteiger partial charge in [0.2, 0.25) is 0 Å². The van der Waals surface area contributed by atoms with Crippen LogP contribution < -0.4 is 5.73 Å². The van der Waals surface area contributed by atoms with Crippen LogP contribution in [0.1, 0.15) is 44.1 Å². The fourth-order valence-electron chi connectivity index (χ4n) is 1.56. The van der Waals surface area contributed by atoms with Crippen LogP contribution in [0.2, 0.25) is 0 Å². The zero-order valence-electron chi connectivity index (χ0n) is 8.43. The molecule has 5 heteroatoms. The van der Waals surface area contributed by atoms with Gasteiger partial charge in [0.25, 0.3) is 5.89 Å². The molecule has 1 saturated heterocycles. The first kappa shape index (κ1) is 9.61. The van der Waals surface area contributed by atoms with Crippen LogP contribution in [-0.2, 0) is 4.74 Å². The first-order valence-corrected chi connectivity index (χ1v) is 4.89. The Balaban J connectivity index is 2.16. The van der Waals surface area contributed by atoms with Crippen molar-refractivity contribution in [3.8, 4) is 0 Å². The third kappa shape index (κ3) is 1.65. The van der Waals surface area contributed by atoms with Crippen LogP contribution in [0.25, 0.3) is 0 Å². The fraction of sp³-hybridized carbons (Fsp3) is 0.778. The van der Waals surface area contributed by atoms with E-state index in [1.165, 1.54) is 0 Å². The van der Waals surface area contributed by atoms with E-state index in [1.54, 1.807) is 0 Å². The quantitative estimate of drug-likeness (QED) is 0.770. The van der Waals surface area contributed by atoms with Crippen molar-refractivity contribution in [1.82, 2.24) is 10.1 Å². The van der Waals surface area contributed by atoms with Crippen molar-refractivity contribution in [2.75, 3.05) is 6.61 Å². The molecule has 0 saturated carbocycles. The Morgan fingerprint density at radius 2 is 2.36 bits per heavy atom. The van der Waals surface area contributed by atoms with E-state index in [2.05, 4.69) is 17.1 Å². The predicted octanol–water partition coefficient (Wildman–Crippen LogP) is 1.19. The standard InChI is InChI=1S/C9H15N3O2/c1-5-3-4-13-7(5)9-11-8(6(2)10)12-14-9/h5-7H,3-4,10H2,1-2H3. The van der Waals surface area contributed by atoms with Gasteiger partial charge in [0.05, 0.1) is 6.04 Å². The summed E-state index contributed by atoms with van der Waals surface area (Å²) in [7, 11) is 0. The largest absolute Gasteiger partial charge is 0.368 e. The summed E-state index contributed by atoms with van der Waals surface area (Å²) in [6.45, 7) is 4.71. The second-order valence-corrected chi connectivity index (χ2v) is 3.84. The van der Waals surface area contributed by atoms with Gasteiger partial charge in [-0.15, -0.1) is 0 Å². The van der Waals surface area contributed by atoms with Crippen molar-refractivity contribution < 1.29 is 9.26 Å². The van der Waals surface area contributed by atoms with Crippen molar-refractivity contribution in [3.63, 3.8) is 0 Å². The minimum atomic E-state index is -0.191. The van der Waals surface area contributed by atoms with Crippen LogP contribution in [-0.4, -0.2) is 16.7 Å². The number of nitrogens with zero attached hydrogens (tertiary/aromatic N) is 2. The van der Waals surface area contributed by atoms with Gasteiger partial charge in [0.1, 0.15) is 6.10 Å². The third-order valence-electron chi connectivity index (χ3n) is 2.50. The fourth-order valence-corrected chi connectivity index (χ4v) is 1.56. The lowest BCUT2D eigenvalue weighted by Gasteiger charge is -2.07. The molecule has 2 N–H and O–H groups in total. The lowest BCUT2D eigenvalue weighted by atomic mass is 10.0.